The van der Waals surface area contributed by atoms with Crippen LogP contribution in [0.15, 0.2) is 78.9 Å². The van der Waals surface area contributed by atoms with Gasteiger partial charge in [-0.1, -0.05) is 73.1 Å². The standard InChI is InChI=1S/C28H30ClFN2O3/c1-3-20(2)31-28(34)26(16-21-10-5-4-6-11-21)32(18-22-12-7-8-15-25(22)30)27(33)19-35-24-14-9-13-23(29)17-24/h4-15,17,20,26H,3,16,18-19H2,1-2H3,(H,31,34)/t20-,26+/m1/s1. The highest BCUT2D eigenvalue weighted by atomic mass is 35.5. The molecule has 0 radical (unpaired) electrons. The summed E-state index contributed by atoms with van der Waals surface area (Å²) < 4.78 is 20.3. The topological polar surface area (TPSA) is 58.6 Å². The molecule has 0 unspecified atom stereocenters. The number of benzene rings is 3. The summed E-state index contributed by atoms with van der Waals surface area (Å²) in [6.07, 6.45) is 1.02. The van der Waals surface area contributed by atoms with Crippen LogP contribution in [-0.4, -0.2) is 35.4 Å². The third kappa shape index (κ3) is 7.82. The van der Waals surface area contributed by atoms with Crippen molar-refractivity contribution >= 4 is 23.4 Å². The highest BCUT2D eigenvalue weighted by molar-refractivity contribution is 6.30. The highest BCUT2D eigenvalue weighted by Gasteiger charge is 2.31. The van der Waals surface area contributed by atoms with Gasteiger partial charge < -0.3 is 15.0 Å². The number of amides is 2. The average Bonchev–Trinajstić information content (AvgIpc) is 2.86. The minimum Gasteiger partial charge on any atom is -0.484 e. The number of nitrogens with zero attached hydrogens (tertiary/aromatic N) is 1. The molecule has 0 saturated heterocycles. The lowest BCUT2D eigenvalue weighted by atomic mass is 10.0. The molecule has 0 fully saturated rings. The van der Waals surface area contributed by atoms with Crippen molar-refractivity contribution in [2.24, 2.45) is 0 Å². The van der Waals surface area contributed by atoms with E-state index in [1.165, 1.54) is 11.0 Å². The first-order valence-corrected chi connectivity index (χ1v) is 12.0. The Balaban J connectivity index is 1.92. The van der Waals surface area contributed by atoms with Crippen molar-refractivity contribution in [3.8, 4) is 5.75 Å². The van der Waals surface area contributed by atoms with E-state index in [0.717, 1.165) is 12.0 Å². The Bertz CT molecular complexity index is 1130. The van der Waals surface area contributed by atoms with Crippen molar-refractivity contribution in [1.82, 2.24) is 10.2 Å². The first kappa shape index (κ1) is 26.2. The molecule has 35 heavy (non-hydrogen) atoms. The molecular formula is C28H30ClFN2O3. The molecule has 3 aromatic carbocycles. The molecule has 3 rings (SSSR count). The van der Waals surface area contributed by atoms with E-state index < -0.39 is 17.8 Å². The zero-order valence-electron chi connectivity index (χ0n) is 19.9. The SMILES string of the molecule is CC[C@@H](C)NC(=O)[C@H](Cc1ccccc1)N(Cc1ccccc1F)C(=O)COc1cccc(Cl)c1. The molecule has 7 heteroatoms. The van der Waals surface area contributed by atoms with Gasteiger partial charge in [-0.3, -0.25) is 9.59 Å². The lowest BCUT2D eigenvalue weighted by Crippen LogP contribution is -2.53. The molecule has 0 bridgehead atoms. The summed E-state index contributed by atoms with van der Waals surface area (Å²) in [5.74, 6) is -0.744. The van der Waals surface area contributed by atoms with Gasteiger partial charge in [-0.2, -0.15) is 0 Å². The molecule has 0 aliphatic heterocycles. The quantitative estimate of drug-likeness (QED) is 0.386. The smallest absolute Gasteiger partial charge is 0.261 e. The normalized spacial score (nSPS) is 12.5. The zero-order valence-corrected chi connectivity index (χ0v) is 20.7. The third-order valence-electron chi connectivity index (χ3n) is 5.73. The van der Waals surface area contributed by atoms with Gasteiger partial charge >= 0.3 is 0 Å². The second-order valence-electron chi connectivity index (χ2n) is 8.38. The summed E-state index contributed by atoms with van der Waals surface area (Å²) in [6, 6.07) is 21.5. The maximum absolute atomic E-state index is 14.6. The number of carbonyl (C=O) groups excluding carboxylic acids is 2. The third-order valence-corrected chi connectivity index (χ3v) is 5.96. The van der Waals surface area contributed by atoms with Crippen LogP contribution in [-0.2, 0) is 22.6 Å². The van der Waals surface area contributed by atoms with Crippen LogP contribution in [0.1, 0.15) is 31.4 Å². The summed E-state index contributed by atoms with van der Waals surface area (Å²) >= 11 is 6.02. The fourth-order valence-corrected chi connectivity index (χ4v) is 3.77. The molecule has 1 N–H and O–H groups in total. The van der Waals surface area contributed by atoms with Crippen LogP contribution in [0.2, 0.25) is 5.02 Å². The van der Waals surface area contributed by atoms with Crippen LogP contribution in [0.5, 0.6) is 5.75 Å². The lowest BCUT2D eigenvalue weighted by molar-refractivity contribution is -0.143. The van der Waals surface area contributed by atoms with Crippen molar-refractivity contribution in [2.45, 2.75) is 45.3 Å². The predicted octanol–water partition coefficient (Wildman–Crippen LogP) is 5.41. The van der Waals surface area contributed by atoms with E-state index in [1.54, 1.807) is 42.5 Å². The monoisotopic (exact) mass is 496 g/mol. The van der Waals surface area contributed by atoms with E-state index in [4.69, 9.17) is 16.3 Å². The molecule has 0 saturated carbocycles. The fourth-order valence-electron chi connectivity index (χ4n) is 3.59. The van der Waals surface area contributed by atoms with Gasteiger partial charge in [-0.25, -0.2) is 4.39 Å². The van der Waals surface area contributed by atoms with E-state index in [1.807, 2.05) is 44.2 Å². The van der Waals surface area contributed by atoms with Gasteiger partial charge in [0.2, 0.25) is 5.91 Å². The minimum atomic E-state index is -0.860. The number of carbonyl (C=O) groups is 2. The zero-order chi connectivity index (χ0) is 25.2. The largest absolute Gasteiger partial charge is 0.484 e. The Morgan fingerprint density at radius 1 is 1.03 bits per heavy atom. The number of hydrogen-bond acceptors (Lipinski definition) is 3. The first-order chi connectivity index (χ1) is 16.9. The van der Waals surface area contributed by atoms with Crippen molar-refractivity contribution in [1.29, 1.82) is 0 Å². The summed E-state index contributed by atoms with van der Waals surface area (Å²) in [6.45, 7) is 3.48. The number of ether oxygens (including phenoxy) is 1. The molecule has 0 heterocycles. The molecule has 0 spiro atoms. The van der Waals surface area contributed by atoms with Crippen LogP contribution in [0.3, 0.4) is 0 Å². The van der Waals surface area contributed by atoms with Crippen LogP contribution in [0, 0.1) is 5.82 Å². The predicted molar refractivity (Wildman–Crippen MR) is 136 cm³/mol. The van der Waals surface area contributed by atoms with Gasteiger partial charge in [0.1, 0.15) is 17.6 Å². The van der Waals surface area contributed by atoms with Crippen molar-refractivity contribution < 1.29 is 18.7 Å². The van der Waals surface area contributed by atoms with Crippen LogP contribution in [0.25, 0.3) is 0 Å². The fraction of sp³-hybridized carbons (Fsp3) is 0.286. The summed E-state index contributed by atoms with van der Waals surface area (Å²) in [4.78, 5) is 28.3. The molecule has 0 aliphatic carbocycles. The first-order valence-electron chi connectivity index (χ1n) is 11.6. The molecular weight excluding hydrogens is 467 g/mol. The molecule has 2 amide bonds. The molecule has 184 valence electrons. The Kier molecular flexibility index (Phi) is 9.67. The Labute approximate surface area is 210 Å². The van der Waals surface area contributed by atoms with Gasteiger partial charge in [0.05, 0.1) is 0 Å². The van der Waals surface area contributed by atoms with Crippen LogP contribution >= 0.6 is 11.6 Å². The molecule has 2 atom stereocenters. The Hall–Kier alpha value is -3.38. The number of hydrogen-bond donors (Lipinski definition) is 1. The van der Waals surface area contributed by atoms with Crippen LogP contribution in [0.4, 0.5) is 4.39 Å². The highest BCUT2D eigenvalue weighted by Crippen LogP contribution is 2.20. The van der Waals surface area contributed by atoms with E-state index in [0.29, 0.717) is 16.3 Å². The van der Waals surface area contributed by atoms with E-state index in [-0.39, 0.29) is 31.5 Å². The number of rotatable bonds is 11. The number of nitrogens with one attached hydrogen (secondary N) is 1. The minimum absolute atomic E-state index is 0.0736. The van der Waals surface area contributed by atoms with Gasteiger partial charge in [0, 0.05) is 29.6 Å². The Morgan fingerprint density at radius 2 is 1.74 bits per heavy atom. The maximum atomic E-state index is 14.6. The van der Waals surface area contributed by atoms with Gasteiger partial charge in [0.25, 0.3) is 5.91 Å². The van der Waals surface area contributed by atoms with Crippen molar-refractivity contribution in [3.63, 3.8) is 0 Å². The summed E-state index contributed by atoms with van der Waals surface area (Å²) in [5.41, 5.74) is 1.21. The summed E-state index contributed by atoms with van der Waals surface area (Å²) in [7, 11) is 0. The molecule has 0 aromatic heterocycles. The van der Waals surface area contributed by atoms with E-state index in [2.05, 4.69) is 5.32 Å². The maximum Gasteiger partial charge on any atom is 0.261 e. The van der Waals surface area contributed by atoms with Crippen molar-refractivity contribution in [2.75, 3.05) is 6.61 Å². The van der Waals surface area contributed by atoms with Crippen molar-refractivity contribution in [3.05, 3.63) is 101 Å². The molecule has 0 aliphatic rings. The molecule has 3 aromatic rings. The second kappa shape index (κ2) is 12.9. The van der Waals surface area contributed by atoms with Gasteiger partial charge in [0.15, 0.2) is 6.61 Å². The average molecular weight is 497 g/mol. The van der Waals surface area contributed by atoms with E-state index in [9.17, 15) is 14.0 Å². The summed E-state index contributed by atoms with van der Waals surface area (Å²) in [5, 5.41) is 3.46. The second-order valence-corrected chi connectivity index (χ2v) is 8.82. The number of halogens is 2. The van der Waals surface area contributed by atoms with E-state index >= 15 is 0 Å². The van der Waals surface area contributed by atoms with Gasteiger partial charge in [-0.15, -0.1) is 0 Å². The van der Waals surface area contributed by atoms with Crippen LogP contribution < -0.4 is 10.1 Å². The Morgan fingerprint density at radius 3 is 2.43 bits per heavy atom. The molecule has 5 nitrogen and oxygen atoms in total. The van der Waals surface area contributed by atoms with Gasteiger partial charge in [-0.05, 0) is 43.2 Å². The lowest BCUT2D eigenvalue weighted by Gasteiger charge is -2.32.